The number of carbonyl (C=O) groups is 1. The number of hydrogen-bond acceptors (Lipinski definition) is 6. The minimum absolute atomic E-state index is 0. The van der Waals surface area contributed by atoms with Crippen molar-refractivity contribution < 1.29 is 14.3 Å². The van der Waals surface area contributed by atoms with Crippen molar-refractivity contribution >= 4 is 45.0 Å². The zero-order valence-electron chi connectivity index (χ0n) is 12.1. The van der Waals surface area contributed by atoms with Crippen LogP contribution in [0, 0.1) is 0 Å². The second-order valence-electron chi connectivity index (χ2n) is 4.83. The molecule has 1 unspecified atom stereocenters. The molecule has 1 saturated heterocycles. The van der Waals surface area contributed by atoms with Gasteiger partial charge in [-0.15, -0.1) is 12.4 Å². The Balaban J connectivity index is 0.00000176. The Labute approximate surface area is 138 Å². The van der Waals surface area contributed by atoms with Crippen LogP contribution in [0.5, 0.6) is 5.75 Å². The number of halogens is 1. The number of fused-ring (bicyclic) bond motifs is 1. The van der Waals surface area contributed by atoms with Gasteiger partial charge in [-0.1, -0.05) is 11.3 Å². The highest BCUT2D eigenvalue weighted by Crippen LogP contribution is 2.29. The van der Waals surface area contributed by atoms with E-state index in [2.05, 4.69) is 15.6 Å². The standard InChI is InChI=1S/C14H17N3O3S.ClH/c1-19-10-2-3-11-12(7-10)21-14(16-11)17-13(18)6-9-8-20-5-4-15-9;/h2-3,7,9,15H,4-6,8H2,1H3,(H,16,17,18);1H. The zero-order valence-corrected chi connectivity index (χ0v) is 13.8. The van der Waals surface area contributed by atoms with Crippen LogP contribution >= 0.6 is 23.7 Å². The number of morpholine rings is 1. The number of methoxy groups -OCH3 is 1. The Morgan fingerprint density at radius 3 is 3.18 bits per heavy atom. The number of anilines is 1. The molecule has 1 fully saturated rings. The van der Waals surface area contributed by atoms with Crippen molar-refractivity contribution in [1.82, 2.24) is 10.3 Å². The summed E-state index contributed by atoms with van der Waals surface area (Å²) in [4.78, 5) is 16.4. The molecule has 1 aromatic carbocycles. The summed E-state index contributed by atoms with van der Waals surface area (Å²) in [5.74, 6) is 0.733. The molecule has 0 spiro atoms. The molecule has 2 heterocycles. The summed E-state index contributed by atoms with van der Waals surface area (Å²) < 4.78 is 11.5. The van der Waals surface area contributed by atoms with Gasteiger partial charge in [0.1, 0.15) is 5.75 Å². The van der Waals surface area contributed by atoms with Crippen LogP contribution in [0.3, 0.4) is 0 Å². The average Bonchev–Trinajstić information content (AvgIpc) is 2.89. The molecule has 1 amide bonds. The quantitative estimate of drug-likeness (QED) is 0.889. The van der Waals surface area contributed by atoms with E-state index in [1.807, 2.05) is 18.2 Å². The highest BCUT2D eigenvalue weighted by molar-refractivity contribution is 7.22. The van der Waals surface area contributed by atoms with E-state index in [0.29, 0.717) is 24.8 Å². The largest absolute Gasteiger partial charge is 0.497 e. The molecule has 1 aromatic heterocycles. The van der Waals surface area contributed by atoms with Gasteiger partial charge < -0.3 is 20.1 Å². The number of aromatic nitrogens is 1. The number of benzene rings is 1. The summed E-state index contributed by atoms with van der Waals surface area (Å²) in [6, 6.07) is 5.74. The van der Waals surface area contributed by atoms with Crippen molar-refractivity contribution in [2.45, 2.75) is 12.5 Å². The van der Waals surface area contributed by atoms with Crippen LogP contribution in [0.15, 0.2) is 18.2 Å². The Morgan fingerprint density at radius 2 is 2.45 bits per heavy atom. The SMILES string of the molecule is COc1ccc2nc(NC(=O)CC3COCCN3)sc2c1.Cl. The minimum atomic E-state index is -0.0518. The van der Waals surface area contributed by atoms with Gasteiger partial charge in [0.05, 0.1) is 30.5 Å². The van der Waals surface area contributed by atoms with Crippen molar-refractivity contribution in [3.05, 3.63) is 18.2 Å². The van der Waals surface area contributed by atoms with E-state index in [9.17, 15) is 4.79 Å². The van der Waals surface area contributed by atoms with Crippen LogP contribution < -0.4 is 15.4 Å². The smallest absolute Gasteiger partial charge is 0.227 e. The first-order valence-electron chi connectivity index (χ1n) is 6.80. The second-order valence-corrected chi connectivity index (χ2v) is 5.86. The molecule has 0 bridgehead atoms. The molecule has 6 nitrogen and oxygen atoms in total. The zero-order chi connectivity index (χ0) is 14.7. The Bertz CT molecular complexity index is 643. The lowest BCUT2D eigenvalue weighted by atomic mass is 10.2. The molecule has 0 radical (unpaired) electrons. The van der Waals surface area contributed by atoms with Gasteiger partial charge in [0.25, 0.3) is 0 Å². The van der Waals surface area contributed by atoms with Crippen molar-refractivity contribution in [3.8, 4) is 5.75 Å². The molecular formula is C14H18ClN3O3S. The van der Waals surface area contributed by atoms with Gasteiger partial charge in [-0.3, -0.25) is 4.79 Å². The predicted molar refractivity (Wildman–Crippen MR) is 89.3 cm³/mol. The maximum atomic E-state index is 12.0. The lowest BCUT2D eigenvalue weighted by Crippen LogP contribution is -2.43. The summed E-state index contributed by atoms with van der Waals surface area (Å²) in [6.45, 7) is 2.07. The van der Waals surface area contributed by atoms with Gasteiger partial charge in [-0.05, 0) is 18.2 Å². The van der Waals surface area contributed by atoms with Crippen molar-refractivity contribution in [2.24, 2.45) is 0 Å². The summed E-state index contributed by atoms with van der Waals surface area (Å²) >= 11 is 1.44. The maximum absolute atomic E-state index is 12.0. The molecule has 0 saturated carbocycles. The van der Waals surface area contributed by atoms with Crippen LogP contribution in [-0.4, -0.2) is 43.8 Å². The second kappa shape index (κ2) is 7.73. The first-order chi connectivity index (χ1) is 10.2. The third-order valence-electron chi connectivity index (χ3n) is 3.27. The van der Waals surface area contributed by atoms with E-state index in [0.717, 1.165) is 22.5 Å². The Hall–Kier alpha value is -1.41. The van der Waals surface area contributed by atoms with Crippen LogP contribution in [-0.2, 0) is 9.53 Å². The lowest BCUT2D eigenvalue weighted by molar-refractivity contribution is -0.117. The third kappa shape index (κ3) is 4.07. The fraction of sp³-hybridized carbons (Fsp3) is 0.429. The summed E-state index contributed by atoms with van der Waals surface area (Å²) in [5.41, 5.74) is 0.857. The maximum Gasteiger partial charge on any atom is 0.227 e. The van der Waals surface area contributed by atoms with Gasteiger partial charge in [0.2, 0.25) is 5.91 Å². The lowest BCUT2D eigenvalue weighted by Gasteiger charge is -2.22. The highest BCUT2D eigenvalue weighted by Gasteiger charge is 2.17. The van der Waals surface area contributed by atoms with Crippen LogP contribution in [0.4, 0.5) is 5.13 Å². The summed E-state index contributed by atoms with van der Waals surface area (Å²) in [5, 5.41) is 6.72. The molecule has 1 aliphatic heterocycles. The van der Waals surface area contributed by atoms with Crippen LogP contribution in [0.2, 0.25) is 0 Å². The molecule has 120 valence electrons. The van der Waals surface area contributed by atoms with E-state index in [1.165, 1.54) is 11.3 Å². The Kier molecular flexibility index (Phi) is 5.96. The molecule has 22 heavy (non-hydrogen) atoms. The summed E-state index contributed by atoms with van der Waals surface area (Å²) in [7, 11) is 1.63. The number of rotatable bonds is 4. The first-order valence-corrected chi connectivity index (χ1v) is 7.62. The monoisotopic (exact) mass is 343 g/mol. The van der Waals surface area contributed by atoms with Crippen molar-refractivity contribution in [2.75, 3.05) is 32.2 Å². The van der Waals surface area contributed by atoms with Gasteiger partial charge in [-0.25, -0.2) is 4.98 Å². The van der Waals surface area contributed by atoms with Crippen molar-refractivity contribution in [1.29, 1.82) is 0 Å². The van der Waals surface area contributed by atoms with E-state index in [-0.39, 0.29) is 24.4 Å². The molecule has 1 aliphatic rings. The molecular weight excluding hydrogens is 326 g/mol. The fourth-order valence-corrected chi connectivity index (χ4v) is 3.14. The normalized spacial score (nSPS) is 17.8. The average molecular weight is 344 g/mol. The van der Waals surface area contributed by atoms with E-state index in [4.69, 9.17) is 9.47 Å². The molecule has 0 aliphatic carbocycles. The third-order valence-corrected chi connectivity index (χ3v) is 4.21. The number of amides is 1. The van der Waals surface area contributed by atoms with Gasteiger partial charge in [-0.2, -0.15) is 0 Å². The van der Waals surface area contributed by atoms with Gasteiger partial charge in [0, 0.05) is 19.0 Å². The number of carbonyl (C=O) groups excluding carboxylic acids is 1. The number of thiazole rings is 1. The van der Waals surface area contributed by atoms with Gasteiger partial charge >= 0.3 is 0 Å². The minimum Gasteiger partial charge on any atom is -0.497 e. The molecule has 8 heteroatoms. The topological polar surface area (TPSA) is 72.5 Å². The van der Waals surface area contributed by atoms with E-state index >= 15 is 0 Å². The van der Waals surface area contributed by atoms with E-state index < -0.39 is 0 Å². The predicted octanol–water partition coefficient (Wildman–Crippen LogP) is 2.04. The fourth-order valence-electron chi connectivity index (χ4n) is 2.23. The number of nitrogens with one attached hydrogen (secondary N) is 2. The molecule has 2 N–H and O–H groups in total. The number of ether oxygens (including phenoxy) is 2. The van der Waals surface area contributed by atoms with Crippen LogP contribution in [0.25, 0.3) is 10.2 Å². The highest BCUT2D eigenvalue weighted by atomic mass is 35.5. The number of hydrogen-bond donors (Lipinski definition) is 2. The molecule has 1 atom stereocenters. The van der Waals surface area contributed by atoms with Gasteiger partial charge in [0.15, 0.2) is 5.13 Å². The summed E-state index contributed by atoms with van der Waals surface area (Å²) in [6.07, 6.45) is 0.388. The molecule has 3 rings (SSSR count). The Morgan fingerprint density at radius 1 is 1.59 bits per heavy atom. The first kappa shape index (κ1) is 17.0. The van der Waals surface area contributed by atoms with Crippen LogP contribution in [0.1, 0.15) is 6.42 Å². The number of nitrogens with zero attached hydrogens (tertiary/aromatic N) is 1. The van der Waals surface area contributed by atoms with Crippen molar-refractivity contribution in [3.63, 3.8) is 0 Å². The van der Waals surface area contributed by atoms with E-state index in [1.54, 1.807) is 7.11 Å². The molecule has 2 aromatic rings.